The van der Waals surface area contributed by atoms with Gasteiger partial charge in [-0.2, -0.15) is 0 Å². The molecule has 21 heavy (non-hydrogen) atoms. The molecule has 0 bridgehead atoms. The molecule has 2 heterocycles. The van der Waals surface area contributed by atoms with E-state index in [4.69, 9.17) is 0 Å². The van der Waals surface area contributed by atoms with Crippen molar-refractivity contribution in [3.8, 4) is 0 Å². The molecule has 0 atom stereocenters. The number of benzene rings is 1. The number of hydrogen-bond donors (Lipinski definition) is 0. The topological polar surface area (TPSA) is 29.0 Å². The van der Waals surface area contributed by atoms with Crippen LogP contribution in [0.4, 0.5) is 5.95 Å². The van der Waals surface area contributed by atoms with Gasteiger partial charge in [-0.1, -0.05) is 30.3 Å². The van der Waals surface area contributed by atoms with Gasteiger partial charge < -0.3 is 4.90 Å². The summed E-state index contributed by atoms with van der Waals surface area (Å²) < 4.78 is 0. The van der Waals surface area contributed by atoms with Gasteiger partial charge in [-0.05, 0) is 49.5 Å². The molecule has 3 rings (SSSR count). The van der Waals surface area contributed by atoms with Crippen molar-refractivity contribution in [2.75, 3.05) is 18.0 Å². The lowest BCUT2D eigenvalue weighted by atomic mass is 10.1. The second kappa shape index (κ2) is 6.53. The highest BCUT2D eigenvalue weighted by Gasteiger charge is 2.12. The minimum Gasteiger partial charge on any atom is -0.341 e. The molecule has 3 heteroatoms. The van der Waals surface area contributed by atoms with Crippen LogP contribution in [0.25, 0.3) is 12.2 Å². The number of anilines is 1. The first-order valence-electron chi connectivity index (χ1n) is 7.65. The van der Waals surface area contributed by atoms with E-state index in [9.17, 15) is 0 Å². The van der Waals surface area contributed by atoms with Crippen molar-refractivity contribution in [3.63, 3.8) is 0 Å². The Balaban J connectivity index is 1.78. The van der Waals surface area contributed by atoms with Crippen LogP contribution >= 0.6 is 0 Å². The summed E-state index contributed by atoms with van der Waals surface area (Å²) in [6, 6.07) is 10.3. The van der Waals surface area contributed by atoms with Crippen molar-refractivity contribution in [2.45, 2.75) is 26.2 Å². The molecule has 2 aromatic rings. The van der Waals surface area contributed by atoms with Crippen molar-refractivity contribution in [1.29, 1.82) is 0 Å². The number of rotatable bonds is 3. The number of hydrogen-bond acceptors (Lipinski definition) is 3. The van der Waals surface area contributed by atoms with E-state index >= 15 is 0 Å². The van der Waals surface area contributed by atoms with Gasteiger partial charge in [0.15, 0.2) is 0 Å². The fraction of sp³-hybridized carbons (Fsp3) is 0.333. The molecule has 3 nitrogen and oxygen atoms in total. The molecule has 0 amide bonds. The maximum Gasteiger partial charge on any atom is 0.225 e. The Morgan fingerprint density at radius 1 is 1.00 bits per heavy atom. The monoisotopic (exact) mass is 279 g/mol. The van der Waals surface area contributed by atoms with Crippen LogP contribution in [0.15, 0.2) is 36.5 Å². The van der Waals surface area contributed by atoms with Gasteiger partial charge in [-0.3, -0.25) is 0 Å². The molecular weight excluding hydrogens is 258 g/mol. The van der Waals surface area contributed by atoms with E-state index in [1.165, 1.54) is 30.4 Å². The number of piperidine rings is 1. The first-order valence-corrected chi connectivity index (χ1v) is 7.65. The predicted octanol–water partition coefficient (Wildman–Crippen LogP) is 3.95. The molecule has 1 aromatic carbocycles. The van der Waals surface area contributed by atoms with Crippen molar-refractivity contribution in [3.05, 3.63) is 53.3 Å². The third-order valence-electron chi connectivity index (χ3n) is 3.93. The summed E-state index contributed by atoms with van der Waals surface area (Å²) in [6.45, 7) is 4.27. The smallest absolute Gasteiger partial charge is 0.225 e. The largest absolute Gasteiger partial charge is 0.341 e. The summed E-state index contributed by atoms with van der Waals surface area (Å²) in [7, 11) is 0. The number of aromatic nitrogens is 2. The van der Waals surface area contributed by atoms with Gasteiger partial charge >= 0.3 is 0 Å². The predicted molar refractivity (Wildman–Crippen MR) is 88.2 cm³/mol. The van der Waals surface area contributed by atoms with Crippen LogP contribution in [-0.2, 0) is 0 Å². The molecule has 1 aliphatic heterocycles. The van der Waals surface area contributed by atoms with E-state index in [1.807, 2.05) is 12.3 Å². The molecule has 0 N–H and O–H groups in total. The number of nitrogens with zero attached hydrogens (tertiary/aromatic N) is 3. The van der Waals surface area contributed by atoms with Crippen LogP contribution in [0.1, 0.15) is 36.1 Å². The van der Waals surface area contributed by atoms with Crippen molar-refractivity contribution >= 4 is 18.1 Å². The molecule has 0 unspecified atom stereocenters. The molecule has 1 fully saturated rings. The molecule has 1 aliphatic rings. The zero-order chi connectivity index (χ0) is 14.5. The second-order valence-electron chi connectivity index (χ2n) is 5.52. The molecule has 0 radical (unpaired) electrons. The van der Waals surface area contributed by atoms with Gasteiger partial charge in [0, 0.05) is 19.3 Å². The Bertz CT molecular complexity index is 628. The molecule has 0 aliphatic carbocycles. The SMILES string of the molecule is Cc1ccccc1/C=C/c1ccnc(N2CCCCC2)n1. The molecule has 1 aromatic heterocycles. The highest BCUT2D eigenvalue weighted by Crippen LogP contribution is 2.16. The van der Waals surface area contributed by atoms with Gasteiger partial charge in [0.05, 0.1) is 5.69 Å². The van der Waals surface area contributed by atoms with E-state index < -0.39 is 0 Å². The lowest BCUT2D eigenvalue weighted by molar-refractivity contribution is 0.568. The summed E-state index contributed by atoms with van der Waals surface area (Å²) >= 11 is 0. The molecule has 1 saturated heterocycles. The highest BCUT2D eigenvalue weighted by molar-refractivity contribution is 5.69. The maximum atomic E-state index is 4.67. The van der Waals surface area contributed by atoms with Crippen molar-refractivity contribution in [2.24, 2.45) is 0 Å². The maximum absolute atomic E-state index is 4.67. The Labute approximate surface area is 126 Å². The Morgan fingerprint density at radius 2 is 1.81 bits per heavy atom. The van der Waals surface area contributed by atoms with Crippen LogP contribution < -0.4 is 4.90 Å². The van der Waals surface area contributed by atoms with Crippen LogP contribution in [0.3, 0.4) is 0 Å². The lowest BCUT2D eigenvalue weighted by Crippen LogP contribution is -2.31. The van der Waals surface area contributed by atoms with Gasteiger partial charge in [0.2, 0.25) is 5.95 Å². The summed E-state index contributed by atoms with van der Waals surface area (Å²) in [5.74, 6) is 0.863. The van der Waals surface area contributed by atoms with E-state index in [0.717, 1.165) is 24.7 Å². The first kappa shape index (κ1) is 13.8. The summed E-state index contributed by atoms with van der Waals surface area (Å²) in [6.07, 6.45) is 9.85. The molecular formula is C18H21N3. The summed E-state index contributed by atoms with van der Waals surface area (Å²) in [5, 5.41) is 0. The van der Waals surface area contributed by atoms with Gasteiger partial charge in [0.1, 0.15) is 0 Å². The van der Waals surface area contributed by atoms with E-state index in [1.54, 1.807) is 0 Å². The first-order chi connectivity index (χ1) is 10.3. The highest BCUT2D eigenvalue weighted by atomic mass is 15.2. The Hall–Kier alpha value is -2.16. The quantitative estimate of drug-likeness (QED) is 0.852. The fourth-order valence-corrected chi connectivity index (χ4v) is 2.65. The van der Waals surface area contributed by atoms with Crippen LogP contribution in [0, 0.1) is 6.92 Å². The third kappa shape index (κ3) is 3.48. The standard InChI is InChI=1S/C18H21N3/c1-15-7-3-4-8-16(15)9-10-17-11-12-19-18(20-17)21-13-5-2-6-14-21/h3-4,7-12H,2,5-6,13-14H2,1H3/b10-9+. The zero-order valence-corrected chi connectivity index (χ0v) is 12.5. The molecule has 108 valence electrons. The summed E-state index contributed by atoms with van der Waals surface area (Å²) in [4.78, 5) is 11.4. The Kier molecular flexibility index (Phi) is 4.29. The average Bonchev–Trinajstić information content (AvgIpc) is 2.55. The van der Waals surface area contributed by atoms with Gasteiger partial charge in [-0.15, -0.1) is 0 Å². The average molecular weight is 279 g/mol. The van der Waals surface area contributed by atoms with Gasteiger partial charge in [0.25, 0.3) is 0 Å². The number of aryl methyl sites for hydroxylation is 1. The Morgan fingerprint density at radius 3 is 2.62 bits per heavy atom. The van der Waals surface area contributed by atoms with Crippen LogP contribution in [-0.4, -0.2) is 23.1 Å². The van der Waals surface area contributed by atoms with E-state index in [0.29, 0.717) is 0 Å². The molecule has 0 saturated carbocycles. The van der Waals surface area contributed by atoms with Crippen molar-refractivity contribution < 1.29 is 0 Å². The van der Waals surface area contributed by atoms with E-state index in [-0.39, 0.29) is 0 Å². The van der Waals surface area contributed by atoms with Crippen LogP contribution in [0.5, 0.6) is 0 Å². The fourth-order valence-electron chi connectivity index (χ4n) is 2.65. The molecule has 0 spiro atoms. The summed E-state index contributed by atoms with van der Waals surface area (Å²) in [5.41, 5.74) is 3.48. The normalized spacial score (nSPS) is 15.6. The van der Waals surface area contributed by atoms with E-state index in [2.05, 4.69) is 58.2 Å². The zero-order valence-electron chi connectivity index (χ0n) is 12.5. The second-order valence-corrected chi connectivity index (χ2v) is 5.52. The minimum atomic E-state index is 0.863. The van der Waals surface area contributed by atoms with Crippen LogP contribution in [0.2, 0.25) is 0 Å². The lowest BCUT2D eigenvalue weighted by Gasteiger charge is -2.26. The third-order valence-corrected chi connectivity index (χ3v) is 3.93. The van der Waals surface area contributed by atoms with Gasteiger partial charge in [-0.25, -0.2) is 9.97 Å². The minimum absolute atomic E-state index is 0.863. The van der Waals surface area contributed by atoms with Crippen molar-refractivity contribution in [1.82, 2.24) is 9.97 Å².